The number of carbonyl (C=O) groups is 11. The number of carboxylic acid groups (broad SMARTS) is 4. The van der Waals surface area contributed by atoms with Gasteiger partial charge in [0, 0.05) is 70.6 Å². The molecule has 0 spiro atoms. The average molecular weight is 1120 g/mol. The molecule has 0 aromatic heterocycles. The molecule has 4 atom stereocenters. The molecule has 0 bridgehead atoms. The lowest BCUT2D eigenvalue weighted by molar-refractivity contribution is -0.145. The number of ketones is 3. The van der Waals surface area contributed by atoms with Gasteiger partial charge in [0.2, 0.25) is 23.6 Å². The zero-order chi connectivity index (χ0) is 58.2. The van der Waals surface area contributed by atoms with Gasteiger partial charge >= 0.3 is 23.9 Å². The molecule has 0 aliphatic rings. The highest BCUT2D eigenvalue weighted by atomic mass is 16.5. The predicted octanol–water partition coefficient (Wildman–Crippen LogP) is 5.50. The van der Waals surface area contributed by atoms with Gasteiger partial charge in [-0.2, -0.15) is 0 Å². The highest BCUT2D eigenvalue weighted by molar-refractivity contribution is 5.87. The summed E-state index contributed by atoms with van der Waals surface area (Å²) in [5, 5.41) is 47.6. The summed E-state index contributed by atoms with van der Waals surface area (Å²) >= 11 is 0. The average Bonchev–Trinajstić information content (AvgIpc) is 3.38. The van der Waals surface area contributed by atoms with E-state index in [0.29, 0.717) is 19.4 Å². The zero-order valence-electron chi connectivity index (χ0n) is 46.6. The SMILES string of the molecule is CC(=O)[C@@H](C)CCCCNC(=O)COCCOCCNC(=O)COCCOCCCC(=O)CC[C@H](NC(=O)CC[C@H](NC(=O)CC[C@H](CC(=O)CCCCCCCCCCCCCCCCC(=O)O)C(=O)O)C(=O)O)C(=O)O. The Morgan fingerprint density at radius 1 is 0.385 bits per heavy atom. The summed E-state index contributed by atoms with van der Waals surface area (Å²) in [6.07, 6.45) is 15.6. The van der Waals surface area contributed by atoms with E-state index in [4.69, 9.17) is 24.1 Å². The molecule has 0 saturated carbocycles. The quantitative estimate of drug-likeness (QED) is 0.0349. The number of nitrogens with one attached hydrogen (secondary N) is 4. The highest BCUT2D eigenvalue weighted by Gasteiger charge is 2.27. The van der Waals surface area contributed by atoms with Crippen molar-refractivity contribution in [1.29, 1.82) is 0 Å². The second-order valence-corrected chi connectivity index (χ2v) is 19.8. The third-order valence-electron chi connectivity index (χ3n) is 12.9. The van der Waals surface area contributed by atoms with Gasteiger partial charge < -0.3 is 60.6 Å². The molecule has 78 heavy (non-hydrogen) atoms. The Bertz CT molecular complexity index is 1760. The maximum absolute atomic E-state index is 12.6. The normalized spacial score (nSPS) is 12.6. The first-order valence-corrected chi connectivity index (χ1v) is 28.2. The van der Waals surface area contributed by atoms with Crippen molar-refractivity contribution in [3.63, 3.8) is 0 Å². The molecular formula is C55H94N4O19. The van der Waals surface area contributed by atoms with Gasteiger partial charge in [-0.25, -0.2) is 9.59 Å². The fraction of sp³-hybridized carbons (Fsp3) is 0.800. The van der Waals surface area contributed by atoms with Crippen LogP contribution >= 0.6 is 0 Å². The third-order valence-corrected chi connectivity index (χ3v) is 12.9. The molecule has 0 aliphatic heterocycles. The lowest BCUT2D eigenvalue weighted by Gasteiger charge is -2.17. The molecule has 23 nitrogen and oxygen atoms in total. The molecule has 0 unspecified atom stereocenters. The molecule has 0 fully saturated rings. The maximum Gasteiger partial charge on any atom is 0.326 e. The number of Topliss-reactive ketones (excluding diaryl/α,β-unsaturated/α-hetero) is 3. The molecule has 23 heteroatoms. The predicted molar refractivity (Wildman–Crippen MR) is 286 cm³/mol. The fourth-order valence-corrected chi connectivity index (χ4v) is 7.98. The van der Waals surface area contributed by atoms with Crippen LogP contribution in [0.5, 0.6) is 0 Å². The number of hydrogen-bond acceptors (Lipinski definition) is 15. The Hall–Kier alpha value is -5.39. The maximum atomic E-state index is 12.6. The molecule has 0 aromatic carbocycles. The van der Waals surface area contributed by atoms with Crippen molar-refractivity contribution in [2.45, 2.75) is 206 Å². The van der Waals surface area contributed by atoms with Crippen molar-refractivity contribution in [2.24, 2.45) is 11.8 Å². The van der Waals surface area contributed by atoms with Gasteiger partial charge in [-0.1, -0.05) is 90.4 Å². The zero-order valence-corrected chi connectivity index (χ0v) is 46.6. The van der Waals surface area contributed by atoms with Gasteiger partial charge in [0.15, 0.2) is 0 Å². The van der Waals surface area contributed by atoms with Crippen LogP contribution in [0.15, 0.2) is 0 Å². The molecule has 448 valence electrons. The molecule has 0 saturated heterocycles. The number of carbonyl (C=O) groups excluding carboxylic acids is 7. The van der Waals surface area contributed by atoms with Gasteiger partial charge in [-0.05, 0) is 58.3 Å². The Kier molecular flexibility index (Phi) is 45.3. The first-order chi connectivity index (χ1) is 37.3. The number of amides is 4. The second-order valence-electron chi connectivity index (χ2n) is 19.8. The van der Waals surface area contributed by atoms with E-state index in [1.807, 2.05) is 6.92 Å². The van der Waals surface area contributed by atoms with E-state index in [1.165, 1.54) is 25.7 Å². The first kappa shape index (κ1) is 72.6. The van der Waals surface area contributed by atoms with Crippen LogP contribution < -0.4 is 21.3 Å². The molecule has 0 rings (SSSR count). The van der Waals surface area contributed by atoms with E-state index < -0.39 is 66.5 Å². The van der Waals surface area contributed by atoms with Crippen LogP contribution in [0, 0.1) is 11.8 Å². The smallest absolute Gasteiger partial charge is 0.326 e. The number of carboxylic acids is 4. The summed E-state index contributed by atoms with van der Waals surface area (Å²) in [7, 11) is 0. The van der Waals surface area contributed by atoms with Crippen molar-refractivity contribution in [3.8, 4) is 0 Å². The Labute approximate surface area is 460 Å². The van der Waals surface area contributed by atoms with Gasteiger partial charge in [0.1, 0.15) is 42.6 Å². The summed E-state index contributed by atoms with van der Waals surface area (Å²) < 4.78 is 21.4. The van der Waals surface area contributed by atoms with Crippen LogP contribution in [0.2, 0.25) is 0 Å². The molecular weight excluding hydrogens is 1020 g/mol. The monoisotopic (exact) mass is 1110 g/mol. The van der Waals surface area contributed by atoms with E-state index >= 15 is 0 Å². The standard InChI is InChI=1S/C55H94N4O19/c1-41(42(2)60)20-17-18-30-56-50(65)39-78-37-35-76-33-31-57-51(66)40-77-36-34-75-32-19-22-44(61)25-26-46(54(71)72)58-49(64)29-27-47(55(73)74)59-48(63)28-24-43(53(69)70)38-45(62)21-15-13-11-9-7-5-3-4-6-8-10-12-14-16-23-52(67)68/h41,43,46-47H,3-40H2,1-2H3,(H,56,65)(H,57,66)(H,58,64)(H,59,63)(H,67,68)(H,69,70)(H,71,72)(H,73,74)/t41-,43+,46-,47-/m0/s1. The number of rotatable bonds is 56. The van der Waals surface area contributed by atoms with E-state index in [1.54, 1.807) is 6.92 Å². The molecule has 0 aromatic rings. The van der Waals surface area contributed by atoms with E-state index in [0.717, 1.165) is 77.0 Å². The Morgan fingerprint density at radius 3 is 1.31 bits per heavy atom. The van der Waals surface area contributed by atoms with Crippen molar-refractivity contribution < 1.29 is 92.1 Å². The van der Waals surface area contributed by atoms with Gasteiger partial charge in [0.05, 0.1) is 39.0 Å². The Balaban J connectivity index is 4.15. The lowest BCUT2D eigenvalue weighted by atomic mass is 9.94. The Morgan fingerprint density at radius 2 is 0.821 bits per heavy atom. The fourth-order valence-electron chi connectivity index (χ4n) is 7.98. The van der Waals surface area contributed by atoms with Crippen molar-refractivity contribution >= 4 is 64.9 Å². The summed E-state index contributed by atoms with van der Waals surface area (Å²) in [4.78, 5) is 131. The molecule has 4 amide bonds. The number of hydrogen-bond donors (Lipinski definition) is 8. The minimum Gasteiger partial charge on any atom is -0.481 e. The minimum absolute atomic E-state index is 0.0266. The van der Waals surface area contributed by atoms with Crippen molar-refractivity contribution in [1.82, 2.24) is 21.3 Å². The lowest BCUT2D eigenvalue weighted by Crippen LogP contribution is -2.44. The molecule has 8 N–H and O–H groups in total. The van der Waals surface area contributed by atoms with Crippen LogP contribution in [0.25, 0.3) is 0 Å². The number of aliphatic carboxylic acids is 4. The third kappa shape index (κ3) is 45.6. The van der Waals surface area contributed by atoms with E-state index in [2.05, 4.69) is 21.3 Å². The van der Waals surface area contributed by atoms with Crippen LogP contribution in [0.3, 0.4) is 0 Å². The van der Waals surface area contributed by atoms with Crippen LogP contribution in [0.4, 0.5) is 0 Å². The van der Waals surface area contributed by atoms with Crippen LogP contribution in [-0.2, 0) is 71.7 Å². The summed E-state index contributed by atoms with van der Waals surface area (Å²) in [5.41, 5.74) is 0. The summed E-state index contributed by atoms with van der Waals surface area (Å²) in [6, 6.07) is -2.97. The number of unbranched alkanes of at least 4 members (excludes halogenated alkanes) is 14. The van der Waals surface area contributed by atoms with Gasteiger partial charge in [-0.3, -0.25) is 43.2 Å². The number of ether oxygens (including phenoxy) is 4. The highest BCUT2D eigenvalue weighted by Crippen LogP contribution is 2.18. The molecule has 0 heterocycles. The minimum atomic E-state index is -1.54. The molecule has 0 aliphatic carbocycles. The van der Waals surface area contributed by atoms with Gasteiger partial charge in [-0.15, -0.1) is 0 Å². The van der Waals surface area contributed by atoms with Crippen LogP contribution in [0.1, 0.15) is 194 Å². The summed E-state index contributed by atoms with van der Waals surface area (Å²) in [6.45, 7) is 5.06. The second kappa shape index (κ2) is 48.7. The van der Waals surface area contributed by atoms with Crippen LogP contribution in [-0.4, -0.2) is 163 Å². The summed E-state index contributed by atoms with van der Waals surface area (Å²) in [5.74, 6) is -8.49. The van der Waals surface area contributed by atoms with Crippen molar-refractivity contribution in [3.05, 3.63) is 0 Å². The van der Waals surface area contributed by atoms with E-state index in [-0.39, 0.29) is 146 Å². The largest absolute Gasteiger partial charge is 0.481 e. The van der Waals surface area contributed by atoms with E-state index in [9.17, 15) is 68.1 Å². The first-order valence-electron chi connectivity index (χ1n) is 28.2. The molecule has 0 radical (unpaired) electrons. The van der Waals surface area contributed by atoms with Gasteiger partial charge in [0.25, 0.3) is 0 Å². The van der Waals surface area contributed by atoms with Crippen molar-refractivity contribution in [2.75, 3.05) is 65.9 Å². The topological polar surface area (TPSA) is 354 Å².